The van der Waals surface area contributed by atoms with E-state index in [1.165, 1.54) is 11.3 Å². The minimum absolute atomic E-state index is 0.531. The number of amides is 1. The summed E-state index contributed by atoms with van der Waals surface area (Å²) in [4.78, 5) is 30.8. The summed E-state index contributed by atoms with van der Waals surface area (Å²) in [6.45, 7) is 1.78. The third-order valence-corrected chi connectivity index (χ3v) is 8.90. The first-order valence-corrected chi connectivity index (χ1v) is 14.1. The Morgan fingerprint density at radius 2 is 1.60 bits per heavy atom. The number of hydrogen-bond acceptors (Lipinski definition) is 5. The number of anilines is 1. The first-order chi connectivity index (χ1) is 19.4. The first kappa shape index (κ1) is 26.0. The zero-order valence-corrected chi connectivity index (χ0v) is 23.1. The topological polar surface area (TPSA) is 88.5 Å². The number of hydrogen-bond donors (Lipinski definition) is 2. The molecule has 6 rings (SSSR count). The predicted molar refractivity (Wildman–Crippen MR) is 159 cm³/mol. The van der Waals surface area contributed by atoms with Gasteiger partial charge < -0.3 is 9.84 Å². The molecule has 0 bridgehead atoms. The normalized spacial score (nSPS) is 14.4. The molecule has 200 valence electrons. The molecule has 0 spiro atoms. The zero-order chi connectivity index (χ0) is 27.9. The van der Waals surface area contributed by atoms with Crippen molar-refractivity contribution in [2.45, 2.75) is 31.3 Å². The number of aliphatic carboxylic acids is 1. The van der Waals surface area contributed by atoms with Crippen LogP contribution in [0.4, 0.5) is 10.5 Å². The van der Waals surface area contributed by atoms with Crippen molar-refractivity contribution in [2.75, 3.05) is 5.32 Å². The maximum atomic E-state index is 13.0. The Morgan fingerprint density at radius 1 is 0.950 bits per heavy atom. The number of carboxylic acid groups (broad SMARTS) is 1. The second-order valence-electron chi connectivity index (χ2n) is 9.90. The molecule has 1 aliphatic carbocycles. The maximum Gasteiger partial charge on any atom is 0.412 e. The van der Waals surface area contributed by atoms with Crippen molar-refractivity contribution in [2.24, 2.45) is 0 Å². The van der Waals surface area contributed by atoms with Crippen LogP contribution in [0.2, 0.25) is 5.02 Å². The molecular weight excluding hydrogens is 544 g/mol. The molecule has 8 heteroatoms. The molecule has 6 nitrogen and oxygen atoms in total. The fourth-order valence-electron chi connectivity index (χ4n) is 4.97. The summed E-state index contributed by atoms with van der Waals surface area (Å²) >= 11 is 7.78. The zero-order valence-electron chi connectivity index (χ0n) is 21.6. The molecule has 5 aromatic rings. The summed E-state index contributed by atoms with van der Waals surface area (Å²) in [6, 6.07) is 26.9. The van der Waals surface area contributed by atoms with Crippen LogP contribution in [0.15, 0.2) is 91.1 Å². The molecule has 1 fully saturated rings. The molecule has 1 atom stereocenters. The number of ether oxygens (including phenoxy) is 1. The Kier molecular flexibility index (Phi) is 6.78. The molecule has 2 heterocycles. The summed E-state index contributed by atoms with van der Waals surface area (Å²) in [6.07, 6.45) is 1.99. The number of halogens is 1. The molecule has 3 aromatic carbocycles. The molecule has 2 N–H and O–H groups in total. The van der Waals surface area contributed by atoms with E-state index in [9.17, 15) is 14.7 Å². The van der Waals surface area contributed by atoms with Gasteiger partial charge in [-0.25, -0.2) is 9.78 Å². The number of pyridine rings is 1. The van der Waals surface area contributed by atoms with Gasteiger partial charge in [-0.1, -0.05) is 78.3 Å². The second-order valence-corrected chi connectivity index (χ2v) is 11.3. The van der Waals surface area contributed by atoms with E-state index in [-0.39, 0.29) is 0 Å². The van der Waals surface area contributed by atoms with E-state index in [0.717, 1.165) is 42.9 Å². The molecule has 1 amide bonds. The van der Waals surface area contributed by atoms with Gasteiger partial charge in [0.15, 0.2) is 0 Å². The lowest BCUT2D eigenvalue weighted by molar-refractivity contribution is -0.140. The lowest BCUT2D eigenvalue weighted by Gasteiger charge is -2.16. The van der Waals surface area contributed by atoms with Gasteiger partial charge in [0.2, 0.25) is 0 Å². The van der Waals surface area contributed by atoms with Gasteiger partial charge in [0, 0.05) is 22.2 Å². The van der Waals surface area contributed by atoms with Gasteiger partial charge in [0.05, 0.1) is 16.0 Å². The average molecular weight is 569 g/mol. The van der Waals surface area contributed by atoms with Crippen molar-refractivity contribution in [3.05, 3.63) is 107 Å². The minimum Gasteiger partial charge on any atom is -0.481 e. The van der Waals surface area contributed by atoms with Crippen molar-refractivity contribution in [1.82, 2.24) is 4.98 Å². The number of carboxylic acids is 1. The minimum atomic E-state index is -0.756. The molecule has 0 unspecified atom stereocenters. The number of benzene rings is 3. The van der Waals surface area contributed by atoms with Crippen LogP contribution in [0.1, 0.15) is 37.0 Å². The standard InChI is InChI=1S/C32H25ClN2O4S/c1-19(24-5-2-3-7-26(24)33)39-31(38)35-27-25-6-4-18-34-29(25)40-28(27)22-10-8-20(9-11-22)21-12-14-23(15-13-21)32(16-17-32)30(36)37/h2-15,18-19H,16-17H2,1H3,(H,35,38)(H,36,37)/t19-/m1/s1. The van der Waals surface area contributed by atoms with E-state index in [0.29, 0.717) is 23.6 Å². The van der Waals surface area contributed by atoms with Gasteiger partial charge in [-0.05, 0) is 60.2 Å². The largest absolute Gasteiger partial charge is 0.481 e. The van der Waals surface area contributed by atoms with Crippen LogP contribution in [0.5, 0.6) is 0 Å². The summed E-state index contributed by atoms with van der Waals surface area (Å²) in [5.41, 5.74) is 4.46. The number of carbonyl (C=O) groups excluding carboxylic acids is 1. The summed E-state index contributed by atoms with van der Waals surface area (Å²) in [5.74, 6) is -0.756. The Balaban J connectivity index is 1.25. The number of thiophene rings is 1. The summed E-state index contributed by atoms with van der Waals surface area (Å²) < 4.78 is 5.67. The quantitative estimate of drug-likeness (QED) is 0.205. The van der Waals surface area contributed by atoms with Crippen LogP contribution in [0, 0.1) is 0 Å². The molecular formula is C32H25ClN2O4S. The SMILES string of the molecule is C[C@@H](OC(=O)Nc1c(-c2ccc(-c3ccc(C4(C(=O)O)CC4)cc3)cc2)sc2ncccc12)c1ccccc1Cl. The maximum absolute atomic E-state index is 13.0. The first-order valence-electron chi connectivity index (χ1n) is 12.9. The summed E-state index contributed by atoms with van der Waals surface area (Å²) in [5, 5.41) is 13.9. The predicted octanol–water partition coefficient (Wildman–Crippen LogP) is 8.71. The highest BCUT2D eigenvalue weighted by Gasteiger charge is 2.51. The van der Waals surface area contributed by atoms with E-state index >= 15 is 0 Å². The third kappa shape index (κ3) is 4.83. The van der Waals surface area contributed by atoms with Crippen LogP contribution >= 0.6 is 22.9 Å². The monoisotopic (exact) mass is 568 g/mol. The highest BCUT2D eigenvalue weighted by atomic mass is 35.5. The number of aromatic nitrogens is 1. The fourth-order valence-corrected chi connectivity index (χ4v) is 6.36. The number of nitrogens with one attached hydrogen (secondary N) is 1. The van der Waals surface area contributed by atoms with E-state index < -0.39 is 23.6 Å². The van der Waals surface area contributed by atoms with Gasteiger partial charge >= 0.3 is 12.1 Å². The molecule has 2 aromatic heterocycles. The van der Waals surface area contributed by atoms with Gasteiger partial charge in [-0.3, -0.25) is 10.1 Å². The number of rotatable bonds is 7. The van der Waals surface area contributed by atoms with Gasteiger partial charge in [0.1, 0.15) is 10.9 Å². The van der Waals surface area contributed by atoms with Crippen LogP contribution in [0.25, 0.3) is 31.8 Å². The molecule has 1 saturated carbocycles. The molecule has 40 heavy (non-hydrogen) atoms. The van der Waals surface area contributed by atoms with Crippen LogP contribution in [-0.2, 0) is 14.9 Å². The van der Waals surface area contributed by atoms with Crippen molar-refractivity contribution >= 4 is 50.9 Å². The molecule has 0 aliphatic heterocycles. The van der Waals surface area contributed by atoms with Crippen LogP contribution in [-0.4, -0.2) is 22.2 Å². The van der Waals surface area contributed by atoms with Crippen molar-refractivity contribution < 1.29 is 19.4 Å². The van der Waals surface area contributed by atoms with E-state index in [1.807, 2.05) is 78.9 Å². The lowest BCUT2D eigenvalue weighted by Crippen LogP contribution is -2.19. The van der Waals surface area contributed by atoms with E-state index in [4.69, 9.17) is 16.3 Å². The molecule has 1 aliphatic rings. The van der Waals surface area contributed by atoms with Gasteiger partial charge in [-0.15, -0.1) is 11.3 Å². The Hall–Kier alpha value is -4.20. The van der Waals surface area contributed by atoms with Crippen molar-refractivity contribution in [3.8, 4) is 21.6 Å². The fraction of sp³-hybridized carbons (Fsp3) is 0.156. The number of nitrogens with zero attached hydrogens (tertiary/aromatic N) is 1. The van der Waals surface area contributed by atoms with Gasteiger partial charge in [0.25, 0.3) is 0 Å². The summed E-state index contributed by atoms with van der Waals surface area (Å²) in [7, 11) is 0. The van der Waals surface area contributed by atoms with Crippen molar-refractivity contribution in [1.29, 1.82) is 0 Å². The van der Waals surface area contributed by atoms with E-state index in [1.54, 1.807) is 19.2 Å². The van der Waals surface area contributed by atoms with Crippen molar-refractivity contribution in [3.63, 3.8) is 0 Å². The van der Waals surface area contributed by atoms with Crippen LogP contribution < -0.4 is 5.32 Å². The highest BCUT2D eigenvalue weighted by molar-refractivity contribution is 7.22. The average Bonchev–Trinajstić information content (AvgIpc) is 3.71. The van der Waals surface area contributed by atoms with E-state index in [2.05, 4.69) is 10.3 Å². The Morgan fingerprint density at radius 3 is 2.25 bits per heavy atom. The molecule has 0 radical (unpaired) electrons. The Bertz CT molecular complexity index is 1730. The number of fused-ring (bicyclic) bond motifs is 1. The van der Waals surface area contributed by atoms with Crippen LogP contribution in [0.3, 0.4) is 0 Å². The second kappa shape index (κ2) is 10.4. The Labute approximate surface area is 240 Å². The highest BCUT2D eigenvalue weighted by Crippen LogP contribution is 2.49. The smallest absolute Gasteiger partial charge is 0.412 e. The third-order valence-electron chi connectivity index (χ3n) is 7.40. The number of carbonyl (C=O) groups is 2. The lowest BCUT2D eigenvalue weighted by atomic mass is 9.93. The molecule has 0 saturated heterocycles. The van der Waals surface area contributed by atoms with Gasteiger partial charge in [-0.2, -0.15) is 0 Å².